The quantitative estimate of drug-likeness (QED) is 0.257. The van der Waals surface area contributed by atoms with Gasteiger partial charge in [-0.25, -0.2) is 4.79 Å². The molecule has 8 atom stereocenters. The molecule has 2 saturated heterocycles. The molecular weight excluding hydrogens is 662 g/mol. The summed E-state index contributed by atoms with van der Waals surface area (Å²) in [5.74, 6) is -4.67. The molecule has 0 aromatic carbocycles. The van der Waals surface area contributed by atoms with E-state index in [-0.39, 0.29) is 50.0 Å². The SMILES string of the molecule is CC(C)C[C@@H]1NC(=O)[C@@H](N)[C@H](C)OC(=O)[C@H](CC(C)C)N(C)C(=O)[C@H](C)NC(=O)[C@H](CC(C)C)N(C)C(=O)CN(C)C(=O)[C@@H]2C[C@@H](O)CN2C1=O. The number of rotatable bonds is 6. The van der Waals surface area contributed by atoms with Gasteiger partial charge in [0.2, 0.25) is 35.4 Å². The first-order valence-electron chi connectivity index (χ1n) is 17.9. The Kier molecular flexibility index (Phi) is 15.8. The van der Waals surface area contributed by atoms with Gasteiger partial charge in [-0.1, -0.05) is 41.5 Å². The lowest BCUT2D eigenvalue weighted by atomic mass is 10.0. The van der Waals surface area contributed by atoms with Crippen molar-refractivity contribution in [2.45, 2.75) is 130 Å². The fourth-order valence-corrected chi connectivity index (χ4v) is 6.40. The zero-order valence-electron chi connectivity index (χ0n) is 32.2. The summed E-state index contributed by atoms with van der Waals surface area (Å²) in [4.78, 5) is 100. The molecule has 290 valence electrons. The molecule has 5 N–H and O–H groups in total. The monoisotopic (exact) mass is 723 g/mol. The Morgan fingerprint density at radius 2 is 1.31 bits per heavy atom. The van der Waals surface area contributed by atoms with E-state index in [1.807, 2.05) is 41.5 Å². The zero-order chi connectivity index (χ0) is 39.1. The van der Waals surface area contributed by atoms with Crippen LogP contribution in [-0.2, 0) is 38.3 Å². The van der Waals surface area contributed by atoms with Gasteiger partial charge in [-0.15, -0.1) is 0 Å². The average Bonchev–Trinajstić information content (AvgIpc) is 3.43. The van der Waals surface area contributed by atoms with Gasteiger partial charge in [-0.2, -0.15) is 0 Å². The lowest BCUT2D eigenvalue weighted by Crippen LogP contribution is -2.59. The van der Waals surface area contributed by atoms with E-state index in [9.17, 15) is 38.7 Å². The van der Waals surface area contributed by atoms with E-state index in [1.165, 1.54) is 49.7 Å². The van der Waals surface area contributed by atoms with Gasteiger partial charge in [-0.3, -0.25) is 28.8 Å². The molecule has 0 aliphatic carbocycles. The third-order valence-corrected chi connectivity index (χ3v) is 9.40. The third-order valence-electron chi connectivity index (χ3n) is 9.40. The van der Waals surface area contributed by atoms with E-state index >= 15 is 0 Å². The summed E-state index contributed by atoms with van der Waals surface area (Å²) in [6, 6.07) is -6.81. The normalized spacial score (nSPS) is 30.4. The maximum absolute atomic E-state index is 14.0. The minimum atomic E-state index is -1.40. The summed E-state index contributed by atoms with van der Waals surface area (Å²) in [5, 5.41) is 15.9. The molecule has 51 heavy (non-hydrogen) atoms. The Morgan fingerprint density at radius 3 is 1.86 bits per heavy atom. The first-order chi connectivity index (χ1) is 23.6. The van der Waals surface area contributed by atoms with Gasteiger partial charge in [0.05, 0.1) is 12.6 Å². The van der Waals surface area contributed by atoms with Crippen molar-refractivity contribution in [1.29, 1.82) is 0 Å². The van der Waals surface area contributed by atoms with Crippen LogP contribution in [0.4, 0.5) is 0 Å². The maximum Gasteiger partial charge on any atom is 0.329 e. The Bertz CT molecular complexity index is 1290. The number of nitrogens with two attached hydrogens (primary N) is 1. The number of hydrogen-bond donors (Lipinski definition) is 4. The number of carbonyl (C=O) groups is 7. The third kappa shape index (κ3) is 11.6. The molecule has 2 aliphatic rings. The number of hydrogen-bond acceptors (Lipinski definition) is 10. The van der Waals surface area contributed by atoms with Crippen LogP contribution in [0, 0.1) is 17.8 Å². The molecule has 2 rings (SSSR count). The second-order valence-corrected chi connectivity index (χ2v) is 15.4. The van der Waals surface area contributed by atoms with Crippen LogP contribution in [0.3, 0.4) is 0 Å². The van der Waals surface area contributed by atoms with Crippen molar-refractivity contribution in [1.82, 2.24) is 30.2 Å². The number of nitrogens with one attached hydrogen (secondary N) is 2. The van der Waals surface area contributed by atoms with Gasteiger partial charge in [0.15, 0.2) is 0 Å². The van der Waals surface area contributed by atoms with Gasteiger partial charge >= 0.3 is 5.97 Å². The van der Waals surface area contributed by atoms with Gasteiger partial charge in [-0.05, 0) is 50.9 Å². The fourth-order valence-electron chi connectivity index (χ4n) is 6.40. The summed E-state index contributed by atoms with van der Waals surface area (Å²) in [7, 11) is 4.27. The number of amides is 6. The molecule has 2 fully saturated rings. The molecule has 0 aromatic rings. The predicted octanol–water partition coefficient (Wildman–Crippen LogP) is -0.539. The number of ether oxygens (including phenoxy) is 1. The summed E-state index contributed by atoms with van der Waals surface area (Å²) >= 11 is 0. The van der Waals surface area contributed by atoms with Crippen LogP contribution < -0.4 is 16.4 Å². The van der Waals surface area contributed by atoms with Crippen LogP contribution in [0.2, 0.25) is 0 Å². The Labute approximate surface area is 302 Å². The molecule has 0 aromatic heterocycles. The van der Waals surface area contributed by atoms with Crippen LogP contribution in [-0.4, -0.2) is 149 Å². The highest BCUT2D eigenvalue weighted by Gasteiger charge is 2.44. The summed E-state index contributed by atoms with van der Waals surface area (Å²) in [6.45, 7) is 13.5. The van der Waals surface area contributed by atoms with Crippen molar-refractivity contribution in [3.05, 3.63) is 0 Å². The largest absolute Gasteiger partial charge is 0.459 e. The van der Waals surface area contributed by atoms with E-state index in [2.05, 4.69) is 10.6 Å². The Hall–Kier alpha value is -3.79. The van der Waals surface area contributed by atoms with Crippen molar-refractivity contribution in [3.8, 4) is 0 Å². The predicted molar refractivity (Wildman–Crippen MR) is 188 cm³/mol. The summed E-state index contributed by atoms with van der Waals surface area (Å²) < 4.78 is 5.64. The maximum atomic E-state index is 14.0. The molecule has 2 aliphatic heterocycles. The van der Waals surface area contributed by atoms with E-state index in [0.717, 1.165) is 4.90 Å². The lowest BCUT2D eigenvalue weighted by Gasteiger charge is -2.35. The van der Waals surface area contributed by atoms with Crippen LogP contribution >= 0.6 is 0 Å². The zero-order valence-corrected chi connectivity index (χ0v) is 32.2. The van der Waals surface area contributed by atoms with Crippen LogP contribution in [0.15, 0.2) is 0 Å². The standard InChI is InChI=1S/C35H61N7O9/c1-18(2)12-24-33(48)42-16-23(43)15-26(42)34(49)39(9)17-28(44)40(10)25(13-19(3)4)30(45)37-21(7)32(47)41(11)27(14-20(5)6)35(50)51-22(8)29(36)31(46)38-24/h18-27,29,43H,12-17,36H2,1-11H3,(H,37,45)(H,38,46)/t21-,22-,23+,24-,25-,26-,27-,29-/m0/s1. The average molecular weight is 724 g/mol. The van der Waals surface area contributed by atoms with Crippen LogP contribution in [0.5, 0.6) is 0 Å². The molecule has 2 heterocycles. The second kappa shape index (κ2) is 18.6. The van der Waals surface area contributed by atoms with Gasteiger partial charge in [0.1, 0.15) is 42.4 Å². The number of cyclic esters (lactones) is 1. The number of aliphatic hydroxyl groups is 1. The molecule has 16 nitrogen and oxygen atoms in total. The number of likely N-dealkylation sites (N-methyl/N-ethyl adjacent to an activating group) is 3. The smallest absolute Gasteiger partial charge is 0.329 e. The number of aliphatic hydroxyl groups excluding tert-OH is 1. The van der Waals surface area contributed by atoms with E-state index in [4.69, 9.17) is 10.5 Å². The van der Waals surface area contributed by atoms with Gasteiger partial charge in [0.25, 0.3) is 0 Å². The van der Waals surface area contributed by atoms with Gasteiger partial charge in [0, 0.05) is 34.1 Å². The Morgan fingerprint density at radius 1 is 0.765 bits per heavy atom. The summed E-state index contributed by atoms with van der Waals surface area (Å²) in [6.07, 6.45) is -1.63. The lowest BCUT2D eigenvalue weighted by molar-refractivity contribution is -0.161. The molecule has 0 radical (unpaired) electrons. The number of esters is 1. The van der Waals surface area contributed by atoms with E-state index in [1.54, 1.807) is 0 Å². The molecule has 6 amide bonds. The van der Waals surface area contributed by atoms with Crippen LogP contribution in [0.25, 0.3) is 0 Å². The highest BCUT2D eigenvalue weighted by Crippen LogP contribution is 2.23. The minimum absolute atomic E-state index is 0.0278. The molecular formula is C35H61N7O9. The molecule has 0 bridgehead atoms. The topological polar surface area (TPSA) is 212 Å². The van der Waals surface area contributed by atoms with Crippen molar-refractivity contribution >= 4 is 41.4 Å². The molecule has 0 unspecified atom stereocenters. The highest BCUT2D eigenvalue weighted by atomic mass is 16.5. The van der Waals surface area contributed by atoms with Gasteiger partial charge < -0.3 is 45.8 Å². The number of carbonyl (C=O) groups excluding carboxylic acids is 7. The molecule has 16 heteroatoms. The minimum Gasteiger partial charge on any atom is -0.459 e. The highest BCUT2D eigenvalue weighted by molar-refractivity contribution is 5.96. The number of fused-ring (bicyclic) bond motifs is 1. The van der Waals surface area contributed by atoms with E-state index < -0.39 is 96.4 Å². The Balaban J connectivity index is 2.61. The van der Waals surface area contributed by atoms with Crippen LogP contribution in [0.1, 0.15) is 81.1 Å². The van der Waals surface area contributed by atoms with Crippen molar-refractivity contribution in [2.75, 3.05) is 34.2 Å². The molecule has 0 spiro atoms. The fraction of sp³-hybridized carbons (Fsp3) is 0.800. The summed E-state index contributed by atoms with van der Waals surface area (Å²) in [5.41, 5.74) is 6.25. The van der Waals surface area contributed by atoms with Crippen molar-refractivity contribution < 1.29 is 43.4 Å². The first kappa shape index (κ1) is 43.4. The second-order valence-electron chi connectivity index (χ2n) is 15.4. The van der Waals surface area contributed by atoms with Crippen molar-refractivity contribution in [3.63, 3.8) is 0 Å². The van der Waals surface area contributed by atoms with Crippen molar-refractivity contribution in [2.24, 2.45) is 23.5 Å². The molecule has 0 saturated carbocycles. The first-order valence-corrected chi connectivity index (χ1v) is 17.9. The van der Waals surface area contributed by atoms with E-state index in [0.29, 0.717) is 0 Å². The number of nitrogens with zero attached hydrogens (tertiary/aromatic N) is 4.